The lowest BCUT2D eigenvalue weighted by Gasteiger charge is -2.13. The van der Waals surface area contributed by atoms with Crippen LogP contribution in [0.2, 0.25) is 0 Å². The zero-order valence-corrected chi connectivity index (χ0v) is 9.64. The first-order valence-electron chi connectivity index (χ1n) is 5.65. The molecule has 6 heteroatoms. The summed E-state index contributed by atoms with van der Waals surface area (Å²) >= 11 is 0. The molecule has 0 radical (unpaired) electrons. The van der Waals surface area contributed by atoms with Gasteiger partial charge in [0.2, 0.25) is 0 Å². The topological polar surface area (TPSA) is 74.2 Å². The minimum absolute atomic E-state index is 0.0792. The van der Waals surface area contributed by atoms with E-state index >= 15 is 0 Å². The number of nitrogens with one attached hydrogen (secondary N) is 2. The summed E-state index contributed by atoms with van der Waals surface area (Å²) in [5.74, 6) is -0.0701. The van der Waals surface area contributed by atoms with E-state index in [0.717, 1.165) is 6.20 Å². The van der Waals surface area contributed by atoms with E-state index in [4.69, 9.17) is 5.11 Å². The summed E-state index contributed by atoms with van der Waals surface area (Å²) in [6.07, 6.45) is 5.44. The van der Waals surface area contributed by atoms with Gasteiger partial charge in [0.15, 0.2) is 0 Å². The van der Waals surface area contributed by atoms with Gasteiger partial charge in [-0.3, -0.25) is 5.32 Å². The van der Waals surface area contributed by atoms with Gasteiger partial charge in [-0.1, -0.05) is 12.2 Å². The molecule has 0 aliphatic heterocycles. The number of anilines is 1. The van der Waals surface area contributed by atoms with Gasteiger partial charge in [0.25, 0.3) is 0 Å². The molecule has 1 heterocycles. The molecular formula is C12H14FN3O2. The molecule has 18 heavy (non-hydrogen) atoms. The molecule has 1 aliphatic rings. The van der Waals surface area contributed by atoms with Crippen LogP contribution in [0.3, 0.4) is 0 Å². The maximum Gasteiger partial charge on any atom is 0.320 e. The van der Waals surface area contributed by atoms with Crippen LogP contribution in [0.15, 0.2) is 30.5 Å². The summed E-state index contributed by atoms with van der Waals surface area (Å²) in [5.41, 5.74) is 0. The van der Waals surface area contributed by atoms with Gasteiger partial charge in [0.1, 0.15) is 11.6 Å². The number of pyridine rings is 1. The molecule has 0 saturated heterocycles. The highest BCUT2D eigenvalue weighted by Gasteiger charge is 2.19. The van der Waals surface area contributed by atoms with Crippen molar-refractivity contribution in [2.75, 3.05) is 11.9 Å². The lowest BCUT2D eigenvalue weighted by atomic mass is 10.1. The molecule has 2 amide bonds. The highest BCUT2D eigenvalue weighted by Crippen LogP contribution is 2.17. The number of halogens is 1. The third-order valence-corrected chi connectivity index (χ3v) is 2.69. The number of carbonyl (C=O) groups excluding carboxylic acids is 1. The summed E-state index contributed by atoms with van der Waals surface area (Å²) in [7, 11) is 0. The predicted molar refractivity (Wildman–Crippen MR) is 64.5 cm³/mol. The molecule has 1 aromatic heterocycles. The van der Waals surface area contributed by atoms with Crippen molar-refractivity contribution < 1.29 is 14.3 Å². The van der Waals surface area contributed by atoms with Crippen molar-refractivity contribution in [3.63, 3.8) is 0 Å². The Morgan fingerprint density at radius 2 is 2.33 bits per heavy atom. The monoisotopic (exact) mass is 251 g/mol. The molecule has 0 saturated carbocycles. The van der Waals surface area contributed by atoms with Crippen LogP contribution in [0.1, 0.15) is 6.42 Å². The second kappa shape index (κ2) is 5.59. The fraction of sp³-hybridized carbons (Fsp3) is 0.333. The van der Waals surface area contributed by atoms with Crippen LogP contribution in [0.5, 0.6) is 0 Å². The average molecular weight is 251 g/mol. The Morgan fingerprint density at radius 3 is 2.94 bits per heavy atom. The number of aliphatic hydroxyl groups excluding tert-OH is 1. The van der Waals surface area contributed by atoms with Crippen LogP contribution >= 0.6 is 0 Å². The normalized spacial score (nSPS) is 21.9. The zero-order valence-electron chi connectivity index (χ0n) is 9.64. The van der Waals surface area contributed by atoms with E-state index in [1.54, 1.807) is 0 Å². The van der Waals surface area contributed by atoms with Crippen LogP contribution in [-0.4, -0.2) is 28.8 Å². The molecule has 0 aromatic carbocycles. The standard InChI is InChI=1S/C12H14FN3O2/c13-9-2-4-11(14-6-9)16-12(18)15-10-3-1-8(5-10)7-17/h1-4,6,8,10,17H,5,7H2,(H2,14,15,16,18)/t8-,10+/m0/s1. The Labute approximate surface area is 104 Å². The second-order valence-corrected chi connectivity index (χ2v) is 4.13. The first kappa shape index (κ1) is 12.5. The number of nitrogens with zero attached hydrogens (tertiary/aromatic N) is 1. The average Bonchev–Trinajstić information content (AvgIpc) is 2.79. The maximum atomic E-state index is 12.6. The van der Waals surface area contributed by atoms with Gasteiger partial charge in [0, 0.05) is 18.6 Å². The minimum Gasteiger partial charge on any atom is -0.396 e. The lowest BCUT2D eigenvalue weighted by molar-refractivity contribution is 0.238. The van der Waals surface area contributed by atoms with E-state index in [9.17, 15) is 9.18 Å². The molecular weight excluding hydrogens is 237 g/mol. The predicted octanol–water partition coefficient (Wildman–Crippen LogP) is 1.28. The van der Waals surface area contributed by atoms with Gasteiger partial charge in [-0.2, -0.15) is 0 Å². The van der Waals surface area contributed by atoms with Crippen LogP contribution in [-0.2, 0) is 0 Å². The number of carbonyl (C=O) groups is 1. The maximum absolute atomic E-state index is 12.6. The summed E-state index contributed by atoms with van der Waals surface area (Å²) in [4.78, 5) is 15.3. The van der Waals surface area contributed by atoms with Gasteiger partial charge >= 0.3 is 6.03 Å². The van der Waals surface area contributed by atoms with Crippen molar-refractivity contribution in [1.82, 2.24) is 10.3 Å². The van der Waals surface area contributed by atoms with E-state index in [-0.39, 0.29) is 24.4 Å². The Bertz CT molecular complexity index is 447. The van der Waals surface area contributed by atoms with Crippen molar-refractivity contribution in [2.24, 2.45) is 5.92 Å². The molecule has 0 unspecified atom stereocenters. The van der Waals surface area contributed by atoms with E-state index in [2.05, 4.69) is 15.6 Å². The minimum atomic E-state index is -0.453. The smallest absolute Gasteiger partial charge is 0.320 e. The summed E-state index contributed by atoms with van der Waals surface area (Å²) in [5, 5.41) is 14.2. The molecule has 2 rings (SSSR count). The first-order valence-corrected chi connectivity index (χ1v) is 5.65. The molecule has 2 atom stereocenters. The van der Waals surface area contributed by atoms with Crippen LogP contribution < -0.4 is 10.6 Å². The van der Waals surface area contributed by atoms with Crippen molar-refractivity contribution in [3.05, 3.63) is 36.3 Å². The molecule has 0 fully saturated rings. The van der Waals surface area contributed by atoms with E-state index in [0.29, 0.717) is 6.42 Å². The number of hydrogen-bond acceptors (Lipinski definition) is 3. The molecule has 1 aromatic rings. The number of amides is 2. The number of urea groups is 1. The third-order valence-electron chi connectivity index (χ3n) is 2.69. The molecule has 1 aliphatic carbocycles. The van der Waals surface area contributed by atoms with Crippen molar-refractivity contribution >= 4 is 11.8 Å². The molecule has 0 spiro atoms. The number of hydrogen-bond donors (Lipinski definition) is 3. The second-order valence-electron chi connectivity index (χ2n) is 4.13. The summed E-state index contributed by atoms with van der Waals surface area (Å²) in [6.45, 7) is 0.0792. The van der Waals surface area contributed by atoms with Crippen LogP contribution in [0.25, 0.3) is 0 Å². The Kier molecular flexibility index (Phi) is 3.88. The number of rotatable bonds is 3. The largest absolute Gasteiger partial charge is 0.396 e. The van der Waals surface area contributed by atoms with Crippen molar-refractivity contribution in [1.29, 1.82) is 0 Å². The van der Waals surface area contributed by atoms with Crippen molar-refractivity contribution in [3.8, 4) is 0 Å². The highest BCUT2D eigenvalue weighted by atomic mass is 19.1. The SMILES string of the molecule is O=C(Nc1ccc(F)cn1)N[C@@H]1C=C[C@H](CO)C1. The van der Waals surface area contributed by atoms with Gasteiger partial charge in [-0.25, -0.2) is 14.2 Å². The van der Waals surface area contributed by atoms with Crippen molar-refractivity contribution in [2.45, 2.75) is 12.5 Å². The van der Waals surface area contributed by atoms with E-state index in [1.807, 2.05) is 12.2 Å². The fourth-order valence-electron chi connectivity index (χ4n) is 1.79. The number of aromatic nitrogens is 1. The van der Waals surface area contributed by atoms with Gasteiger partial charge < -0.3 is 10.4 Å². The number of aliphatic hydroxyl groups is 1. The summed E-state index contributed by atoms with van der Waals surface area (Å²) in [6, 6.07) is 2.11. The van der Waals surface area contributed by atoms with E-state index < -0.39 is 11.8 Å². The molecule has 5 nitrogen and oxygen atoms in total. The highest BCUT2D eigenvalue weighted by molar-refractivity contribution is 5.88. The Balaban J connectivity index is 1.82. The van der Waals surface area contributed by atoms with Gasteiger partial charge in [-0.05, 0) is 18.6 Å². The zero-order chi connectivity index (χ0) is 13.0. The van der Waals surface area contributed by atoms with Gasteiger partial charge in [0.05, 0.1) is 6.20 Å². The first-order chi connectivity index (χ1) is 8.67. The molecule has 0 bridgehead atoms. The van der Waals surface area contributed by atoms with Crippen LogP contribution in [0, 0.1) is 11.7 Å². The molecule has 96 valence electrons. The van der Waals surface area contributed by atoms with E-state index in [1.165, 1.54) is 12.1 Å². The summed E-state index contributed by atoms with van der Waals surface area (Å²) < 4.78 is 12.6. The fourth-order valence-corrected chi connectivity index (χ4v) is 1.79. The molecule has 3 N–H and O–H groups in total. The Morgan fingerprint density at radius 1 is 1.50 bits per heavy atom. The van der Waals surface area contributed by atoms with Gasteiger partial charge in [-0.15, -0.1) is 0 Å². The van der Waals surface area contributed by atoms with Crippen LogP contribution in [0.4, 0.5) is 15.0 Å². The third kappa shape index (κ3) is 3.27. The Hall–Kier alpha value is -1.95. The lowest BCUT2D eigenvalue weighted by Crippen LogP contribution is -2.36. The quantitative estimate of drug-likeness (QED) is 0.708.